The van der Waals surface area contributed by atoms with Gasteiger partial charge < -0.3 is 0 Å². The fraction of sp³-hybridized carbons (Fsp3) is 0.500. The number of carboxylic acids is 2. The molecule has 0 amide bonds. The van der Waals surface area contributed by atoms with Gasteiger partial charge in [0.1, 0.15) is 0 Å². The average Bonchev–Trinajstić information content (AvgIpc) is 2.02. The van der Waals surface area contributed by atoms with Crippen LogP contribution in [0.25, 0.3) is 0 Å². The van der Waals surface area contributed by atoms with Crippen molar-refractivity contribution < 1.29 is 53.3 Å². The normalized spacial score (nSPS) is 14.1. The minimum atomic E-state index is -2.61. The van der Waals surface area contributed by atoms with Crippen molar-refractivity contribution in [2.24, 2.45) is 0 Å². The molecule has 0 bridgehead atoms. The zero-order chi connectivity index (χ0) is 11.4. The molecule has 1 unspecified atom stereocenters. The Morgan fingerprint density at radius 2 is 1.71 bits per heavy atom. The fourth-order valence-corrected chi connectivity index (χ4v) is 0.877. The van der Waals surface area contributed by atoms with Gasteiger partial charge in [0.2, 0.25) is 0 Å². The van der Waals surface area contributed by atoms with E-state index in [1.165, 1.54) is 0 Å². The first-order chi connectivity index (χ1) is 6.31. The van der Waals surface area contributed by atoms with Gasteiger partial charge in [0.05, 0.1) is 0 Å². The van der Waals surface area contributed by atoms with E-state index in [-0.39, 0.29) is 0 Å². The molecule has 0 radical (unpaired) electrons. The Hall–Kier alpha value is -0.942. The van der Waals surface area contributed by atoms with Gasteiger partial charge in [-0.1, -0.05) is 0 Å². The standard InChI is InChI=1S/C6H8O7.Mo/c7-3(8)1-6(13,5(11)12)2-4(9)10;/h13H,1-2H2,(H,7,8)(H,9,10)(H,11,12);/q;+1/p-1. The Kier molecular flexibility index (Phi) is 4.73. The number of aliphatic hydroxyl groups is 1. The van der Waals surface area contributed by atoms with Crippen LogP contribution in [0.2, 0.25) is 0 Å². The molecule has 0 aromatic carbocycles. The first-order valence-electron chi connectivity index (χ1n) is 3.32. The molecule has 0 aliphatic carbocycles. The van der Waals surface area contributed by atoms with E-state index in [1.54, 1.807) is 0 Å². The van der Waals surface area contributed by atoms with Gasteiger partial charge in [-0.15, -0.1) is 0 Å². The third-order valence-electron chi connectivity index (χ3n) is 1.37. The molecular formula is C6H7MoO7. The van der Waals surface area contributed by atoms with Crippen molar-refractivity contribution in [2.75, 3.05) is 0 Å². The number of carboxylic acid groups (broad SMARTS) is 2. The zero-order valence-electron chi connectivity index (χ0n) is 6.80. The molecule has 0 saturated carbocycles. The molecule has 0 aliphatic rings. The van der Waals surface area contributed by atoms with Crippen LogP contribution >= 0.6 is 0 Å². The number of rotatable bonds is 5. The summed E-state index contributed by atoms with van der Waals surface area (Å²) < 4.78 is 4.13. The van der Waals surface area contributed by atoms with Gasteiger partial charge in [-0.2, -0.15) is 0 Å². The molecule has 8 heteroatoms. The Balaban J connectivity index is 4.63. The van der Waals surface area contributed by atoms with E-state index >= 15 is 0 Å². The molecule has 0 saturated heterocycles. The number of hydrogen-bond donors (Lipinski definition) is 3. The van der Waals surface area contributed by atoms with Gasteiger partial charge in [0.25, 0.3) is 0 Å². The Bertz CT molecular complexity index is 263. The van der Waals surface area contributed by atoms with E-state index in [0.29, 0.717) is 0 Å². The monoisotopic (exact) mass is 289 g/mol. The van der Waals surface area contributed by atoms with Crippen LogP contribution in [0, 0.1) is 0 Å². The summed E-state index contributed by atoms with van der Waals surface area (Å²) >= 11 is 0.937. The number of aliphatic carboxylic acids is 2. The molecule has 3 N–H and O–H groups in total. The third-order valence-corrected chi connectivity index (χ3v) is 1.83. The fourth-order valence-electron chi connectivity index (χ4n) is 0.732. The predicted molar refractivity (Wildman–Crippen MR) is 35.5 cm³/mol. The SMILES string of the molecule is O=C(O)CC(O)(CC(=O)[O][Mo])C(=O)O. The number of carbonyl (C=O) groups is 3. The molecule has 7 nitrogen and oxygen atoms in total. The van der Waals surface area contributed by atoms with Gasteiger partial charge in [-0.3, -0.25) is 0 Å². The van der Waals surface area contributed by atoms with Gasteiger partial charge >= 0.3 is 89.6 Å². The maximum absolute atomic E-state index is 10.7. The van der Waals surface area contributed by atoms with Crippen LogP contribution in [0.15, 0.2) is 0 Å². The molecule has 0 heterocycles. The van der Waals surface area contributed by atoms with Crippen molar-refractivity contribution in [1.29, 1.82) is 0 Å². The molecule has 0 rings (SSSR count). The second kappa shape index (κ2) is 5.07. The van der Waals surface area contributed by atoms with Crippen LogP contribution in [0.5, 0.6) is 0 Å². The van der Waals surface area contributed by atoms with E-state index in [2.05, 4.69) is 3.39 Å². The van der Waals surface area contributed by atoms with Crippen LogP contribution in [0.3, 0.4) is 0 Å². The third kappa shape index (κ3) is 3.84. The summed E-state index contributed by atoms with van der Waals surface area (Å²) in [5, 5.41) is 26.1. The molecule has 0 aromatic heterocycles. The van der Waals surface area contributed by atoms with Gasteiger partial charge in [-0.05, 0) is 0 Å². The molecule has 0 fully saturated rings. The second-order valence-corrected chi connectivity index (χ2v) is 2.95. The summed E-state index contributed by atoms with van der Waals surface area (Å²) in [6.07, 6.45) is -1.95. The van der Waals surface area contributed by atoms with Crippen molar-refractivity contribution in [3.05, 3.63) is 0 Å². The summed E-state index contributed by atoms with van der Waals surface area (Å²) in [5.74, 6) is -4.27. The van der Waals surface area contributed by atoms with E-state index in [4.69, 9.17) is 10.2 Å². The van der Waals surface area contributed by atoms with Crippen molar-refractivity contribution in [1.82, 2.24) is 0 Å². The maximum atomic E-state index is 10.7. The van der Waals surface area contributed by atoms with Gasteiger partial charge in [0, 0.05) is 0 Å². The van der Waals surface area contributed by atoms with E-state index in [0.717, 1.165) is 20.2 Å². The quantitative estimate of drug-likeness (QED) is 0.536. The average molecular weight is 287 g/mol. The molecule has 14 heavy (non-hydrogen) atoms. The summed E-state index contributed by atoms with van der Waals surface area (Å²) in [5.41, 5.74) is -2.61. The summed E-state index contributed by atoms with van der Waals surface area (Å²) in [6, 6.07) is 0. The zero-order valence-corrected chi connectivity index (χ0v) is 8.80. The van der Waals surface area contributed by atoms with Crippen molar-refractivity contribution in [3.8, 4) is 0 Å². The molecule has 79 valence electrons. The van der Waals surface area contributed by atoms with Crippen LogP contribution < -0.4 is 0 Å². The number of hydrogen-bond acceptors (Lipinski definition) is 5. The van der Waals surface area contributed by atoms with Crippen LogP contribution in [0.1, 0.15) is 12.8 Å². The van der Waals surface area contributed by atoms with Crippen molar-refractivity contribution >= 4 is 17.9 Å². The molecular weight excluding hydrogens is 280 g/mol. The number of carbonyl (C=O) groups excluding carboxylic acids is 1. The van der Waals surface area contributed by atoms with Crippen LogP contribution in [-0.4, -0.2) is 38.8 Å². The summed E-state index contributed by atoms with van der Waals surface area (Å²) in [6.45, 7) is 0. The Morgan fingerprint density at radius 3 is 2.00 bits per heavy atom. The summed E-state index contributed by atoms with van der Waals surface area (Å²) in [4.78, 5) is 31.4. The van der Waals surface area contributed by atoms with Gasteiger partial charge in [0.15, 0.2) is 0 Å². The molecule has 0 aromatic rings. The molecule has 1 atom stereocenters. The van der Waals surface area contributed by atoms with Crippen molar-refractivity contribution in [2.45, 2.75) is 18.4 Å². The Labute approximate surface area is 90.0 Å². The molecule has 0 aliphatic heterocycles. The van der Waals surface area contributed by atoms with E-state index < -0.39 is 36.4 Å². The van der Waals surface area contributed by atoms with Crippen LogP contribution in [-0.2, 0) is 38.0 Å². The topological polar surface area (TPSA) is 121 Å². The first kappa shape index (κ1) is 13.1. The van der Waals surface area contributed by atoms with E-state index in [1.807, 2.05) is 0 Å². The van der Waals surface area contributed by atoms with Crippen LogP contribution in [0.4, 0.5) is 0 Å². The summed E-state index contributed by atoms with van der Waals surface area (Å²) in [7, 11) is 0. The molecule has 0 spiro atoms. The van der Waals surface area contributed by atoms with Gasteiger partial charge in [-0.25, -0.2) is 0 Å². The minimum absolute atomic E-state index is 0.895. The first-order valence-corrected chi connectivity index (χ1v) is 4.14. The predicted octanol–water partition coefficient (Wildman–Crippen LogP) is -1.33. The second-order valence-electron chi connectivity index (χ2n) is 2.54. The Morgan fingerprint density at radius 1 is 1.21 bits per heavy atom. The van der Waals surface area contributed by atoms with Crippen molar-refractivity contribution in [3.63, 3.8) is 0 Å². The van der Waals surface area contributed by atoms with E-state index in [9.17, 15) is 19.5 Å².